The highest BCUT2D eigenvalue weighted by atomic mass is 19.1. The summed E-state index contributed by atoms with van der Waals surface area (Å²) in [5.74, 6) is -1.62. The number of carboxylic acids is 1. The lowest BCUT2D eigenvalue weighted by Gasteiger charge is -2.08. The average molecular weight is 303 g/mol. The quantitative estimate of drug-likeness (QED) is 0.805. The van der Waals surface area contributed by atoms with Crippen LogP contribution in [0, 0.1) is 5.82 Å². The molecule has 0 aliphatic heterocycles. The molecule has 0 unspecified atom stereocenters. The molecule has 0 radical (unpaired) electrons. The maximum Gasteiger partial charge on any atom is 0.312 e. The van der Waals surface area contributed by atoms with Gasteiger partial charge in [-0.1, -0.05) is 18.2 Å². The zero-order valence-corrected chi connectivity index (χ0v) is 11.6. The van der Waals surface area contributed by atoms with Gasteiger partial charge in [0.1, 0.15) is 24.6 Å². The normalized spacial score (nSPS) is 10.0. The number of rotatable bonds is 6. The lowest BCUT2D eigenvalue weighted by atomic mass is 10.2. The van der Waals surface area contributed by atoms with E-state index in [-0.39, 0.29) is 12.4 Å². The molecule has 2 aromatic carbocycles. The van der Waals surface area contributed by atoms with Crippen molar-refractivity contribution in [3.8, 4) is 5.75 Å². The molecule has 2 rings (SSSR count). The first kappa shape index (κ1) is 15.5. The van der Waals surface area contributed by atoms with Crippen molar-refractivity contribution in [2.75, 3.05) is 5.32 Å². The molecule has 0 fully saturated rings. The third-order valence-corrected chi connectivity index (χ3v) is 2.80. The van der Waals surface area contributed by atoms with Gasteiger partial charge in [-0.3, -0.25) is 9.59 Å². The maximum atomic E-state index is 13.4. The van der Waals surface area contributed by atoms with Crippen molar-refractivity contribution in [1.29, 1.82) is 0 Å². The van der Waals surface area contributed by atoms with Gasteiger partial charge in [0.15, 0.2) is 0 Å². The molecule has 0 aliphatic rings. The molecule has 0 aromatic heterocycles. The van der Waals surface area contributed by atoms with Crippen LogP contribution in [0.5, 0.6) is 5.75 Å². The Hall–Kier alpha value is -2.89. The van der Waals surface area contributed by atoms with Crippen molar-refractivity contribution in [3.63, 3.8) is 0 Å². The molecule has 0 aliphatic carbocycles. The smallest absolute Gasteiger partial charge is 0.312 e. The van der Waals surface area contributed by atoms with E-state index in [1.54, 1.807) is 42.5 Å². The summed E-state index contributed by atoms with van der Waals surface area (Å²) in [6.45, 7) is 0.0946. The zero-order chi connectivity index (χ0) is 15.9. The van der Waals surface area contributed by atoms with Crippen LogP contribution in [0.15, 0.2) is 48.5 Å². The van der Waals surface area contributed by atoms with Crippen LogP contribution in [0.3, 0.4) is 0 Å². The second-order valence-corrected chi connectivity index (χ2v) is 4.52. The van der Waals surface area contributed by atoms with Crippen molar-refractivity contribution in [2.24, 2.45) is 0 Å². The van der Waals surface area contributed by atoms with Gasteiger partial charge in [-0.15, -0.1) is 0 Å². The SMILES string of the molecule is O=C(O)CC(=O)Nc1ccc(OCc2ccccc2F)cc1. The zero-order valence-electron chi connectivity index (χ0n) is 11.6. The number of amides is 1. The molecule has 0 saturated heterocycles. The number of ether oxygens (including phenoxy) is 1. The Bertz CT molecular complexity index is 670. The first-order valence-electron chi connectivity index (χ1n) is 6.52. The number of anilines is 1. The van der Waals surface area contributed by atoms with Crippen LogP contribution in [0.25, 0.3) is 0 Å². The van der Waals surface area contributed by atoms with E-state index in [9.17, 15) is 14.0 Å². The molecular formula is C16H14FNO4. The third-order valence-electron chi connectivity index (χ3n) is 2.80. The van der Waals surface area contributed by atoms with Gasteiger partial charge in [0, 0.05) is 11.3 Å². The summed E-state index contributed by atoms with van der Waals surface area (Å²) in [5, 5.41) is 10.9. The number of hydrogen-bond acceptors (Lipinski definition) is 3. The van der Waals surface area contributed by atoms with Crippen molar-refractivity contribution in [3.05, 3.63) is 59.9 Å². The van der Waals surface area contributed by atoms with Crippen LogP contribution in [-0.2, 0) is 16.2 Å². The van der Waals surface area contributed by atoms with E-state index in [1.807, 2.05) is 0 Å². The fraction of sp³-hybridized carbons (Fsp3) is 0.125. The maximum absolute atomic E-state index is 13.4. The van der Waals surface area contributed by atoms with Crippen molar-refractivity contribution >= 4 is 17.6 Å². The summed E-state index contributed by atoms with van der Waals surface area (Å²) < 4.78 is 18.9. The van der Waals surface area contributed by atoms with E-state index >= 15 is 0 Å². The van der Waals surface area contributed by atoms with Crippen LogP contribution >= 0.6 is 0 Å². The lowest BCUT2D eigenvalue weighted by Crippen LogP contribution is -2.15. The highest BCUT2D eigenvalue weighted by molar-refractivity contribution is 6.01. The predicted octanol–water partition coefficient (Wildman–Crippen LogP) is 2.82. The molecular weight excluding hydrogens is 289 g/mol. The summed E-state index contributed by atoms with van der Waals surface area (Å²) >= 11 is 0. The van der Waals surface area contributed by atoms with Crippen LogP contribution in [0.2, 0.25) is 0 Å². The average Bonchev–Trinajstić information content (AvgIpc) is 2.47. The van der Waals surface area contributed by atoms with Gasteiger partial charge >= 0.3 is 5.97 Å². The van der Waals surface area contributed by atoms with Crippen LogP contribution in [-0.4, -0.2) is 17.0 Å². The number of nitrogens with one attached hydrogen (secondary N) is 1. The Morgan fingerprint density at radius 1 is 1.09 bits per heavy atom. The Kier molecular flexibility index (Phi) is 5.08. The first-order valence-corrected chi connectivity index (χ1v) is 6.52. The highest BCUT2D eigenvalue weighted by Crippen LogP contribution is 2.18. The molecule has 0 atom stereocenters. The van der Waals surface area contributed by atoms with E-state index < -0.39 is 18.3 Å². The molecule has 2 aromatic rings. The van der Waals surface area contributed by atoms with Crippen molar-refractivity contribution in [1.82, 2.24) is 0 Å². The van der Waals surface area contributed by atoms with E-state index in [0.29, 0.717) is 17.0 Å². The number of benzene rings is 2. The fourth-order valence-electron chi connectivity index (χ4n) is 1.75. The second kappa shape index (κ2) is 7.21. The predicted molar refractivity (Wildman–Crippen MR) is 78.1 cm³/mol. The molecule has 0 bridgehead atoms. The Morgan fingerprint density at radius 2 is 1.77 bits per heavy atom. The van der Waals surface area contributed by atoms with Gasteiger partial charge in [0.05, 0.1) is 0 Å². The molecule has 2 N–H and O–H groups in total. The van der Waals surface area contributed by atoms with Crippen LogP contribution in [0.4, 0.5) is 10.1 Å². The van der Waals surface area contributed by atoms with Gasteiger partial charge < -0.3 is 15.2 Å². The summed E-state index contributed by atoms with van der Waals surface area (Å²) in [4.78, 5) is 21.7. The monoisotopic (exact) mass is 303 g/mol. The largest absolute Gasteiger partial charge is 0.489 e. The molecule has 5 nitrogen and oxygen atoms in total. The minimum absolute atomic E-state index is 0.0946. The van der Waals surface area contributed by atoms with E-state index in [4.69, 9.17) is 9.84 Å². The number of carboxylic acid groups (broad SMARTS) is 1. The topological polar surface area (TPSA) is 75.6 Å². The van der Waals surface area contributed by atoms with E-state index in [1.165, 1.54) is 6.07 Å². The lowest BCUT2D eigenvalue weighted by molar-refractivity contribution is -0.139. The Labute approximate surface area is 126 Å². The first-order chi connectivity index (χ1) is 10.5. The van der Waals surface area contributed by atoms with Gasteiger partial charge in [0.2, 0.25) is 5.91 Å². The molecule has 6 heteroatoms. The molecule has 114 valence electrons. The van der Waals surface area contributed by atoms with Crippen LogP contribution in [0.1, 0.15) is 12.0 Å². The van der Waals surface area contributed by atoms with Crippen LogP contribution < -0.4 is 10.1 Å². The second-order valence-electron chi connectivity index (χ2n) is 4.52. The highest BCUT2D eigenvalue weighted by Gasteiger charge is 2.07. The standard InChI is InChI=1S/C16H14FNO4/c17-14-4-2-1-3-11(14)10-22-13-7-5-12(6-8-13)18-15(19)9-16(20)21/h1-8H,9-10H2,(H,18,19)(H,20,21). The molecule has 22 heavy (non-hydrogen) atoms. The van der Waals surface area contributed by atoms with Gasteiger partial charge in [-0.05, 0) is 30.3 Å². The minimum Gasteiger partial charge on any atom is -0.489 e. The van der Waals surface area contributed by atoms with Crippen molar-refractivity contribution < 1.29 is 23.8 Å². The number of hydrogen-bond donors (Lipinski definition) is 2. The number of carbonyl (C=O) groups is 2. The van der Waals surface area contributed by atoms with E-state index in [2.05, 4.69) is 5.32 Å². The molecule has 0 spiro atoms. The third kappa shape index (κ3) is 4.59. The molecule has 1 amide bonds. The van der Waals surface area contributed by atoms with Gasteiger partial charge in [0.25, 0.3) is 0 Å². The number of carbonyl (C=O) groups excluding carboxylic acids is 1. The van der Waals surface area contributed by atoms with Gasteiger partial charge in [-0.25, -0.2) is 4.39 Å². The molecule has 0 heterocycles. The summed E-state index contributed by atoms with van der Waals surface area (Å²) in [7, 11) is 0. The Morgan fingerprint density at radius 3 is 2.41 bits per heavy atom. The van der Waals surface area contributed by atoms with Crippen molar-refractivity contribution in [2.45, 2.75) is 13.0 Å². The minimum atomic E-state index is -1.19. The summed E-state index contributed by atoms with van der Waals surface area (Å²) in [5.41, 5.74) is 0.908. The number of halogens is 1. The van der Waals surface area contributed by atoms with E-state index in [0.717, 1.165) is 0 Å². The summed E-state index contributed by atoms with van der Waals surface area (Å²) in [6, 6.07) is 12.7. The number of aliphatic carboxylic acids is 1. The fourth-order valence-corrected chi connectivity index (χ4v) is 1.75. The molecule has 0 saturated carbocycles. The van der Waals surface area contributed by atoms with Gasteiger partial charge in [-0.2, -0.15) is 0 Å². The summed E-state index contributed by atoms with van der Waals surface area (Å²) in [6.07, 6.45) is -0.592. The Balaban J connectivity index is 1.91.